The monoisotopic (exact) mass is 288 g/mol. The molecule has 0 heterocycles. The van der Waals surface area contributed by atoms with E-state index in [9.17, 15) is 9.18 Å². The van der Waals surface area contributed by atoms with Crippen LogP contribution < -0.4 is 4.74 Å². The minimum atomic E-state index is -0.513. The van der Waals surface area contributed by atoms with Crippen LogP contribution >= 0.6 is 0 Å². The predicted molar refractivity (Wildman–Crippen MR) is 77.8 cm³/mol. The van der Waals surface area contributed by atoms with E-state index in [1.807, 2.05) is 31.2 Å². The predicted octanol–water partition coefficient (Wildman–Crippen LogP) is 3.47. The molecular weight excluding hydrogens is 271 g/mol. The van der Waals surface area contributed by atoms with Gasteiger partial charge in [-0.2, -0.15) is 0 Å². The van der Waals surface area contributed by atoms with Gasteiger partial charge in [0.1, 0.15) is 24.1 Å². The summed E-state index contributed by atoms with van der Waals surface area (Å²) in [5.41, 5.74) is 1.86. The average molecular weight is 288 g/mol. The van der Waals surface area contributed by atoms with Crippen LogP contribution in [-0.4, -0.2) is 19.7 Å². The highest BCUT2D eigenvalue weighted by Gasteiger charge is 2.23. The first-order valence-electron chi connectivity index (χ1n) is 6.63. The van der Waals surface area contributed by atoms with Gasteiger partial charge in [-0.3, -0.25) is 4.79 Å². The molecule has 1 atom stereocenters. The number of aryl methyl sites for hydroxylation is 1. The molecule has 2 rings (SSSR count). The van der Waals surface area contributed by atoms with Crippen molar-refractivity contribution < 1.29 is 18.7 Å². The minimum Gasteiger partial charge on any atom is -0.492 e. The third-order valence-electron chi connectivity index (χ3n) is 3.28. The van der Waals surface area contributed by atoms with E-state index in [-0.39, 0.29) is 18.4 Å². The van der Waals surface area contributed by atoms with Crippen LogP contribution in [0.5, 0.6) is 5.75 Å². The van der Waals surface area contributed by atoms with Crippen LogP contribution in [-0.2, 0) is 9.53 Å². The first-order chi connectivity index (χ1) is 10.1. The number of carbonyl (C=O) groups is 1. The standard InChI is InChI=1S/C17H17FO3/c1-12-5-3-4-6-15(12)16(17(19)20-2)11-21-14-9-7-13(18)8-10-14/h3-10,16H,11H2,1-2H3. The Hall–Kier alpha value is -2.36. The van der Waals surface area contributed by atoms with Crippen molar-refractivity contribution in [2.24, 2.45) is 0 Å². The molecule has 4 heteroatoms. The molecule has 0 amide bonds. The van der Waals surface area contributed by atoms with Crippen LogP contribution in [0.2, 0.25) is 0 Å². The number of ether oxygens (including phenoxy) is 2. The molecule has 21 heavy (non-hydrogen) atoms. The van der Waals surface area contributed by atoms with Crippen molar-refractivity contribution >= 4 is 5.97 Å². The lowest BCUT2D eigenvalue weighted by molar-refractivity contribution is -0.143. The van der Waals surface area contributed by atoms with Crippen LogP contribution in [0, 0.1) is 12.7 Å². The molecule has 0 aliphatic rings. The molecular formula is C17H17FO3. The quantitative estimate of drug-likeness (QED) is 0.790. The molecule has 0 fully saturated rings. The Balaban J connectivity index is 2.16. The fraction of sp³-hybridized carbons (Fsp3) is 0.235. The second-order valence-corrected chi connectivity index (χ2v) is 4.70. The first-order valence-corrected chi connectivity index (χ1v) is 6.63. The van der Waals surface area contributed by atoms with Gasteiger partial charge in [-0.1, -0.05) is 24.3 Å². The number of esters is 1. The van der Waals surface area contributed by atoms with Gasteiger partial charge in [-0.15, -0.1) is 0 Å². The van der Waals surface area contributed by atoms with E-state index >= 15 is 0 Å². The maximum Gasteiger partial charge on any atom is 0.316 e. The number of benzene rings is 2. The van der Waals surface area contributed by atoms with Crippen molar-refractivity contribution in [2.45, 2.75) is 12.8 Å². The van der Waals surface area contributed by atoms with Gasteiger partial charge in [0.25, 0.3) is 0 Å². The smallest absolute Gasteiger partial charge is 0.316 e. The Labute approximate surface area is 123 Å². The summed E-state index contributed by atoms with van der Waals surface area (Å²) < 4.78 is 23.3. The van der Waals surface area contributed by atoms with Crippen LogP contribution in [0.4, 0.5) is 4.39 Å². The summed E-state index contributed by atoms with van der Waals surface area (Å²) in [6.07, 6.45) is 0. The number of halogens is 1. The molecule has 0 bridgehead atoms. The normalized spacial score (nSPS) is 11.8. The molecule has 0 aliphatic heterocycles. The highest BCUT2D eigenvalue weighted by atomic mass is 19.1. The topological polar surface area (TPSA) is 35.5 Å². The summed E-state index contributed by atoms with van der Waals surface area (Å²) in [6, 6.07) is 13.3. The molecule has 0 N–H and O–H groups in total. The number of hydrogen-bond donors (Lipinski definition) is 0. The summed E-state index contributed by atoms with van der Waals surface area (Å²) in [4.78, 5) is 12.0. The summed E-state index contributed by atoms with van der Waals surface area (Å²) in [7, 11) is 1.35. The highest BCUT2D eigenvalue weighted by Crippen LogP contribution is 2.23. The van der Waals surface area contributed by atoms with Crippen molar-refractivity contribution in [1.82, 2.24) is 0 Å². The molecule has 1 unspecified atom stereocenters. The van der Waals surface area contributed by atoms with E-state index in [1.165, 1.54) is 31.4 Å². The fourth-order valence-corrected chi connectivity index (χ4v) is 2.12. The van der Waals surface area contributed by atoms with Crippen molar-refractivity contribution in [1.29, 1.82) is 0 Å². The van der Waals surface area contributed by atoms with Crippen LogP contribution in [0.3, 0.4) is 0 Å². The maximum atomic E-state index is 12.9. The van der Waals surface area contributed by atoms with Gasteiger partial charge < -0.3 is 9.47 Å². The van der Waals surface area contributed by atoms with Crippen LogP contribution in [0.1, 0.15) is 17.0 Å². The zero-order valence-electron chi connectivity index (χ0n) is 12.0. The van der Waals surface area contributed by atoms with E-state index in [0.717, 1.165) is 11.1 Å². The lowest BCUT2D eigenvalue weighted by atomic mass is 9.95. The summed E-state index contributed by atoms with van der Waals surface area (Å²) in [5.74, 6) is -0.683. The summed E-state index contributed by atoms with van der Waals surface area (Å²) >= 11 is 0. The Kier molecular flexibility index (Phi) is 4.93. The Morgan fingerprint density at radius 2 is 1.81 bits per heavy atom. The first kappa shape index (κ1) is 15.0. The van der Waals surface area contributed by atoms with E-state index < -0.39 is 5.92 Å². The zero-order chi connectivity index (χ0) is 15.2. The second kappa shape index (κ2) is 6.88. The highest BCUT2D eigenvalue weighted by molar-refractivity contribution is 5.78. The van der Waals surface area contributed by atoms with Crippen molar-refractivity contribution in [3.8, 4) is 5.75 Å². The largest absolute Gasteiger partial charge is 0.492 e. The van der Waals surface area contributed by atoms with E-state index in [1.54, 1.807) is 0 Å². The molecule has 0 radical (unpaired) electrons. The lowest BCUT2D eigenvalue weighted by Crippen LogP contribution is -2.22. The summed E-state index contributed by atoms with van der Waals surface area (Å²) in [6.45, 7) is 2.08. The number of carbonyl (C=O) groups excluding carboxylic acids is 1. The Bertz CT molecular complexity index is 608. The average Bonchev–Trinajstić information content (AvgIpc) is 2.50. The van der Waals surface area contributed by atoms with Gasteiger partial charge in [0, 0.05) is 0 Å². The van der Waals surface area contributed by atoms with E-state index in [4.69, 9.17) is 9.47 Å². The van der Waals surface area contributed by atoms with Gasteiger partial charge in [-0.25, -0.2) is 4.39 Å². The van der Waals surface area contributed by atoms with Gasteiger partial charge in [-0.05, 0) is 42.3 Å². The molecule has 0 saturated carbocycles. The second-order valence-electron chi connectivity index (χ2n) is 4.70. The molecule has 110 valence electrons. The van der Waals surface area contributed by atoms with Crippen molar-refractivity contribution in [3.05, 3.63) is 65.5 Å². The van der Waals surface area contributed by atoms with E-state index in [2.05, 4.69) is 0 Å². The van der Waals surface area contributed by atoms with Gasteiger partial charge in [0.05, 0.1) is 7.11 Å². The number of methoxy groups -OCH3 is 1. The summed E-state index contributed by atoms with van der Waals surface area (Å²) in [5, 5.41) is 0. The van der Waals surface area contributed by atoms with Gasteiger partial charge >= 0.3 is 5.97 Å². The minimum absolute atomic E-state index is 0.142. The zero-order valence-corrected chi connectivity index (χ0v) is 12.0. The molecule has 0 aromatic heterocycles. The number of hydrogen-bond acceptors (Lipinski definition) is 3. The third kappa shape index (κ3) is 3.81. The number of rotatable bonds is 5. The van der Waals surface area contributed by atoms with Crippen molar-refractivity contribution in [2.75, 3.05) is 13.7 Å². The maximum absolute atomic E-state index is 12.9. The van der Waals surface area contributed by atoms with Crippen molar-refractivity contribution in [3.63, 3.8) is 0 Å². The van der Waals surface area contributed by atoms with Crippen LogP contribution in [0.25, 0.3) is 0 Å². The lowest BCUT2D eigenvalue weighted by Gasteiger charge is -2.18. The molecule has 3 nitrogen and oxygen atoms in total. The molecule has 2 aromatic rings. The molecule has 2 aromatic carbocycles. The fourth-order valence-electron chi connectivity index (χ4n) is 2.12. The molecule has 0 aliphatic carbocycles. The Morgan fingerprint density at radius 1 is 1.14 bits per heavy atom. The van der Waals surface area contributed by atoms with Crippen LogP contribution in [0.15, 0.2) is 48.5 Å². The van der Waals surface area contributed by atoms with Gasteiger partial charge in [0.2, 0.25) is 0 Å². The third-order valence-corrected chi connectivity index (χ3v) is 3.28. The Morgan fingerprint density at radius 3 is 2.43 bits per heavy atom. The van der Waals surface area contributed by atoms with E-state index in [0.29, 0.717) is 5.75 Å². The SMILES string of the molecule is COC(=O)C(COc1ccc(F)cc1)c1ccccc1C. The molecule has 0 spiro atoms. The van der Waals surface area contributed by atoms with Gasteiger partial charge in [0.15, 0.2) is 0 Å². The molecule has 0 saturated heterocycles.